The molecule has 1 aliphatic rings. The summed E-state index contributed by atoms with van der Waals surface area (Å²) < 4.78 is 10.7. The minimum absolute atomic E-state index is 0.650. The normalized spacial score (nSPS) is 14.1. The third-order valence-electron chi connectivity index (χ3n) is 3.28. The van der Waals surface area contributed by atoms with Crippen molar-refractivity contribution in [1.29, 1.82) is 0 Å². The van der Waals surface area contributed by atoms with Gasteiger partial charge in [-0.1, -0.05) is 18.2 Å². The predicted octanol–water partition coefficient (Wildman–Crippen LogP) is 2.83. The highest BCUT2D eigenvalue weighted by Gasteiger charge is 2.14. The van der Waals surface area contributed by atoms with Gasteiger partial charge in [0.05, 0.1) is 20.3 Å². The molecular weight excluding hydrogens is 226 g/mol. The van der Waals surface area contributed by atoms with Crippen LogP contribution in [-0.2, 0) is 17.8 Å². The van der Waals surface area contributed by atoms with Crippen LogP contribution in [-0.4, -0.2) is 18.7 Å². The van der Waals surface area contributed by atoms with Gasteiger partial charge in [-0.2, -0.15) is 0 Å². The van der Waals surface area contributed by atoms with Gasteiger partial charge in [0.25, 0.3) is 0 Å². The van der Waals surface area contributed by atoms with E-state index in [2.05, 4.69) is 23.2 Å². The van der Waals surface area contributed by atoms with Gasteiger partial charge in [-0.25, -0.2) is 4.98 Å². The fourth-order valence-electron chi connectivity index (χ4n) is 2.38. The summed E-state index contributed by atoms with van der Waals surface area (Å²) >= 11 is 0. The van der Waals surface area contributed by atoms with E-state index < -0.39 is 0 Å². The second-order valence-corrected chi connectivity index (χ2v) is 4.33. The second kappa shape index (κ2) is 4.78. The Kier molecular flexibility index (Phi) is 2.99. The van der Waals surface area contributed by atoms with Crippen molar-refractivity contribution in [3.05, 3.63) is 47.7 Å². The zero-order valence-electron chi connectivity index (χ0n) is 10.3. The summed E-state index contributed by atoms with van der Waals surface area (Å²) in [6, 6.07) is 10.4. The number of hydrogen-bond acceptors (Lipinski definition) is 3. The van der Waals surface area contributed by atoms with Gasteiger partial charge >= 0.3 is 0 Å². The molecule has 1 aliphatic heterocycles. The number of fused-ring (bicyclic) bond motifs is 1. The second-order valence-electron chi connectivity index (χ2n) is 4.33. The molecule has 0 aliphatic carbocycles. The van der Waals surface area contributed by atoms with Gasteiger partial charge in [-0.05, 0) is 34.7 Å². The SMILES string of the molecule is COc1cc(-c2cccc3c2CCOC3)ccn1. The monoisotopic (exact) mass is 241 g/mol. The molecule has 1 aromatic heterocycles. The molecule has 3 nitrogen and oxygen atoms in total. The van der Waals surface area contributed by atoms with Crippen molar-refractivity contribution in [1.82, 2.24) is 4.98 Å². The van der Waals surface area contributed by atoms with Gasteiger partial charge in [-0.15, -0.1) is 0 Å². The van der Waals surface area contributed by atoms with Gasteiger partial charge in [-0.3, -0.25) is 0 Å². The van der Waals surface area contributed by atoms with E-state index >= 15 is 0 Å². The molecular formula is C15H15NO2. The lowest BCUT2D eigenvalue weighted by atomic mass is 9.93. The van der Waals surface area contributed by atoms with Crippen LogP contribution >= 0.6 is 0 Å². The molecule has 0 saturated carbocycles. The van der Waals surface area contributed by atoms with Gasteiger partial charge in [0.2, 0.25) is 5.88 Å². The van der Waals surface area contributed by atoms with Crippen LogP contribution in [0.3, 0.4) is 0 Å². The van der Waals surface area contributed by atoms with E-state index in [-0.39, 0.29) is 0 Å². The van der Waals surface area contributed by atoms with Crippen molar-refractivity contribution in [3.63, 3.8) is 0 Å². The van der Waals surface area contributed by atoms with E-state index in [9.17, 15) is 0 Å². The molecule has 0 radical (unpaired) electrons. The lowest BCUT2D eigenvalue weighted by molar-refractivity contribution is 0.111. The Morgan fingerprint density at radius 1 is 1.28 bits per heavy atom. The Balaban J connectivity index is 2.10. The highest BCUT2D eigenvalue weighted by molar-refractivity contribution is 5.69. The average molecular weight is 241 g/mol. The van der Waals surface area contributed by atoms with Crippen LogP contribution in [0.4, 0.5) is 0 Å². The summed E-state index contributed by atoms with van der Waals surface area (Å²) in [5.74, 6) is 0.650. The van der Waals surface area contributed by atoms with E-state index in [1.54, 1.807) is 13.3 Å². The number of methoxy groups -OCH3 is 1. The number of aromatic nitrogens is 1. The van der Waals surface area contributed by atoms with Gasteiger partial charge in [0, 0.05) is 12.3 Å². The highest BCUT2D eigenvalue weighted by atomic mass is 16.5. The molecule has 0 fully saturated rings. The molecule has 2 heterocycles. The van der Waals surface area contributed by atoms with Crippen molar-refractivity contribution in [2.45, 2.75) is 13.0 Å². The molecule has 18 heavy (non-hydrogen) atoms. The number of ether oxygens (including phenoxy) is 2. The van der Waals surface area contributed by atoms with Crippen LogP contribution in [0.1, 0.15) is 11.1 Å². The first-order valence-corrected chi connectivity index (χ1v) is 6.07. The Morgan fingerprint density at radius 2 is 2.22 bits per heavy atom. The van der Waals surface area contributed by atoms with E-state index in [1.807, 2.05) is 12.1 Å². The minimum atomic E-state index is 0.650. The predicted molar refractivity (Wildman–Crippen MR) is 69.6 cm³/mol. The topological polar surface area (TPSA) is 31.4 Å². The molecule has 0 spiro atoms. The van der Waals surface area contributed by atoms with E-state index in [1.165, 1.54) is 16.7 Å². The minimum Gasteiger partial charge on any atom is -0.481 e. The summed E-state index contributed by atoms with van der Waals surface area (Å²) in [5.41, 5.74) is 5.09. The molecule has 0 unspecified atom stereocenters. The summed E-state index contributed by atoms with van der Waals surface area (Å²) in [5, 5.41) is 0. The van der Waals surface area contributed by atoms with Crippen LogP contribution in [0.2, 0.25) is 0 Å². The van der Waals surface area contributed by atoms with Crippen LogP contribution < -0.4 is 4.74 Å². The summed E-state index contributed by atoms with van der Waals surface area (Å²) in [4.78, 5) is 4.15. The molecule has 3 heteroatoms. The first-order valence-electron chi connectivity index (χ1n) is 6.07. The van der Waals surface area contributed by atoms with Crippen molar-refractivity contribution in [2.75, 3.05) is 13.7 Å². The zero-order valence-corrected chi connectivity index (χ0v) is 10.3. The first-order chi connectivity index (χ1) is 8.88. The molecule has 0 amide bonds. The standard InChI is InChI=1S/C15H15NO2/c1-17-15-9-11(5-7-16-15)13-4-2-3-12-10-18-8-6-14(12)13/h2-5,7,9H,6,8,10H2,1H3. The summed E-state index contributed by atoms with van der Waals surface area (Å²) in [6.45, 7) is 1.51. The molecule has 92 valence electrons. The van der Waals surface area contributed by atoms with Crippen LogP contribution in [0.15, 0.2) is 36.5 Å². The van der Waals surface area contributed by atoms with E-state index in [0.717, 1.165) is 18.6 Å². The largest absolute Gasteiger partial charge is 0.481 e. The van der Waals surface area contributed by atoms with Crippen molar-refractivity contribution >= 4 is 0 Å². The Labute approximate surface area is 106 Å². The molecule has 0 atom stereocenters. The van der Waals surface area contributed by atoms with Gasteiger partial charge in [0.15, 0.2) is 0 Å². The molecule has 0 bridgehead atoms. The average Bonchev–Trinajstić information content (AvgIpc) is 2.47. The summed E-state index contributed by atoms with van der Waals surface area (Å²) in [6.07, 6.45) is 2.75. The maximum atomic E-state index is 5.49. The molecule has 1 aromatic carbocycles. The number of benzene rings is 1. The number of nitrogens with zero attached hydrogens (tertiary/aromatic N) is 1. The number of pyridine rings is 1. The first kappa shape index (κ1) is 11.2. The molecule has 0 saturated heterocycles. The van der Waals surface area contributed by atoms with Crippen LogP contribution in [0, 0.1) is 0 Å². The van der Waals surface area contributed by atoms with E-state index in [0.29, 0.717) is 12.5 Å². The Bertz CT molecular complexity index is 566. The number of rotatable bonds is 2. The molecule has 0 N–H and O–H groups in total. The lowest BCUT2D eigenvalue weighted by Crippen LogP contribution is -2.10. The summed E-state index contributed by atoms with van der Waals surface area (Å²) in [7, 11) is 1.64. The van der Waals surface area contributed by atoms with Crippen LogP contribution in [0.25, 0.3) is 11.1 Å². The van der Waals surface area contributed by atoms with Crippen LogP contribution in [0.5, 0.6) is 5.88 Å². The smallest absolute Gasteiger partial charge is 0.213 e. The van der Waals surface area contributed by atoms with Crippen molar-refractivity contribution in [2.24, 2.45) is 0 Å². The van der Waals surface area contributed by atoms with Crippen molar-refractivity contribution < 1.29 is 9.47 Å². The molecule has 2 aromatic rings. The van der Waals surface area contributed by atoms with Gasteiger partial charge in [0.1, 0.15) is 0 Å². The Morgan fingerprint density at radius 3 is 3.11 bits per heavy atom. The fraction of sp³-hybridized carbons (Fsp3) is 0.267. The maximum absolute atomic E-state index is 5.49. The third kappa shape index (κ3) is 1.97. The molecule has 3 rings (SSSR count). The quantitative estimate of drug-likeness (QED) is 0.810. The Hall–Kier alpha value is -1.87. The fourth-order valence-corrected chi connectivity index (χ4v) is 2.38. The van der Waals surface area contributed by atoms with Crippen molar-refractivity contribution in [3.8, 4) is 17.0 Å². The lowest BCUT2D eigenvalue weighted by Gasteiger charge is -2.20. The maximum Gasteiger partial charge on any atom is 0.213 e. The number of hydrogen-bond donors (Lipinski definition) is 0. The van der Waals surface area contributed by atoms with Gasteiger partial charge < -0.3 is 9.47 Å². The third-order valence-corrected chi connectivity index (χ3v) is 3.28. The van der Waals surface area contributed by atoms with E-state index in [4.69, 9.17) is 9.47 Å². The highest BCUT2D eigenvalue weighted by Crippen LogP contribution is 2.30. The zero-order chi connectivity index (χ0) is 12.4.